The monoisotopic (exact) mass is 502 g/mol. The summed E-state index contributed by atoms with van der Waals surface area (Å²) in [6, 6.07) is 9.78. The van der Waals surface area contributed by atoms with Gasteiger partial charge in [-0.1, -0.05) is 51.1 Å². The van der Waals surface area contributed by atoms with Crippen molar-refractivity contribution in [2.24, 2.45) is 11.1 Å². The Morgan fingerprint density at radius 1 is 1.11 bits per heavy atom. The van der Waals surface area contributed by atoms with Gasteiger partial charge in [0.25, 0.3) is 0 Å². The molecule has 36 heavy (non-hydrogen) atoms. The largest absolute Gasteiger partial charge is 0.447 e. The van der Waals surface area contributed by atoms with Crippen molar-refractivity contribution < 1.29 is 23.7 Å². The molecule has 198 valence electrons. The first-order chi connectivity index (χ1) is 17.3. The molecule has 0 bridgehead atoms. The van der Waals surface area contributed by atoms with Gasteiger partial charge in [0.2, 0.25) is 11.9 Å². The Morgan fingerprint density at radius 2 is 1.86 bits per heavy atom. The molecule has 0 aliphatic carbocycles. The first-order valence-electron chi connectivity index (χ1n) is 12.3. The van der Waals surface area contributed by atoms with Crippen molar-refractivity contribution in [1.29, 1.82) is 0 Å². The number of ether oxygens (including phenoxy) is 4. The average molecular weight is 503 g/mol. The van der Waals surface area contributed by atoms with Gasteiger partial charge in [-0.15, -0.1) is 0 Å². The number of nitrogens with zero attached hydrogens (tertiary/aromatic N) is 3. The number of benzene rings is 1. The highest BCUT2D eigenvalue weighted by atomic mass is 16.6. The molecule has 11 heteroatoms. The zero-order valence-corrected chi connectivity index (χ0v) is 21.4. The molecule has 1 aliphatic heterocycles. The number of nitrogens with two attached hydrogens (primary N) is 1. The Hall–Kier alpha value is -3.02. The van der Waals surface area contributed by atoms with E-state index in [1.165, 1.54) is 0 Å². The number of primary amides is 1. The lowest BCUT2D eigenvalue weighted by molar-refractivity contribution is -0.0681. The van der Waals surface area contributed by atoms with Gasteiger partial charge >= 0.3 is 6.09 Å². The zero-order valence-electron chi connectivity index (χ0n) is 21.4. The fourth-order valence-electron chi connectivity index (χ4n) is 3.55. The fourth-order valence-corrected chi connectivity index (χ4v) is 3.55. The van der Waals surface area contributed by atoms with Crippen molar-refractivity contribution in [3.05, 3.63) is 30.3 Å². The van der Waals surface area contributed by atoms with Crippen molar-refractivity contribution in [3.63, 3.8) is 0 Å². The van der Waals surface area contributed by atoms with Gasteiger partial charge in [-0.25, -0.2) is 4.79 Å². The van der Waals surface area contributed by atoms with Crippen molar-refractivity contribution in [2.45, 2.75) is 45.8 Å². The summed E-state index contributed by atoms with van der Waals surface area (Å²) < 4.78 is 22.1. The minimum absolute atomic E-state index is 0.104. The highest BCUT2D eigenvalue weighted by Crippen LogP contribution is 2.22. The van der Waals surface area contributed by atoms with Crippen molar-refractivity contribution in [2.75, 3.05) is 56.8 Å². The van der Waals surface area contributed by atoms with E-state index in [0.717, 1.165) is 25.0 Å². The van der Waals surface area contributed by atoms with Gasteiger partial charge in [-0.2, -0.15) is 15.0 Å². The van der Waals surface area contributed by atoms with Crippen molar-refractivity contribution in [1.82, 2.24) is 15.0 Å². The number of anilines is 2. The third-order valence-corrected chi connectivity index (χ3v) is 5.60. The van der Waals surface area contributed by atoms with Gasteiger partial charge in [-0.3, -0.25) is 0 Å². The van der Waals surface area contributed by atoms with Crippen LogP contribution in [0.15, 0.2) is 30.3 Å². The molecule has 2 heterocycles. The van der Waals surface area contributed by atoms with Crippen molar-refractivity contribution in [3.8, 4) is 11.4 Å². The second-order valence-corrected chi connectivity index (χ2v) is 9.58. The molecule has 1 aromatic carbocycles. The van der Waals surface area contributed by atoms with Gasteiger partial charge in [0.15, 0.2) is 5.82 Å². The van der Waals surface area contributed by atoms with E-state index in [1.807, 2.05) is 51.1 Å². The van der Waals surface area contributed by atoms with E-state index in [-0.39, 0.29) is 24.2 Å². The third kappa shape index (κ3) is 9.56. The first kappa shape index (κ1) is 27.6. The summed E-state index contributed by atoms with van der Waals surface area (Å²) in [5.41, 5.74) is 5.77. The SMILES string of the molecule is CC(C)(C)C(COC(N)=O)OCCOCCNc1nc(NCC2CCCO2)nc(-c2ccccc2)n1. The first-order valence-corrected chi connectivity index (χ1v) is 12.3. The molecule has 0 radical (unpaired) electrons. The maximum Gasteiger partial charge on any atom is 0.404 e. The van der Waals surface area contributed by atoms with Crippen LogP contribution < -0.4 is 16.4 Å². The van der Waals surface area contributed by atoms with E-state index in [9.17, 15) is 4.79 Å². The number of aromatic nitrogens is 3. The topological polar surface area (TPSA) is 143 Å². The molecule has 0 spiro atoms. The molecule has 1 saturated heterocycles. The van der Waals surface area contributed by atoms with Gasteiger partial charge < -0.3 is 35.3 Å². The summed E-state index contributed by atoms with van der Waals surface area (Å²) in [6.45, 7) is 9.29. The van der Waals surface area contributed by atoms with Crippen LogP contribution in [0.3, 0.4) is 0 Å². The predicted molar refractivity (Wildman–Crippen MR) is 137 cm³/mol. The van der Waals surface area contributed by atoms with Crippen LogP contribution in [0.5, 0.6) is 0 Å². The van der Waals surface area contributed by atoms with E-state index >= 15 is 0 Å². The summed E-state index contributed by atoms with van der Waals surface area (Å²) in [6.07, 6.45) is 1.19. The Morgan fingerprint density at radius 3 is 2.53 bits per heavy atom. The molecule has 2 aromatic rings. The number of amides is 1. The predicted octanol–water partition coefficient (Wildman–Crippen LogP) is 3.08. The number of rotatable bonds is 14. The summed E-state index contributed by atoms with van der Waals surface area (Å²) in [4.78, 5) is 24.6. The van der Waals surface area contributed by atoms with E-state index in [2.05, 4.69) is 25.6 Å². The second-order valence-electron chi connectivity index (χ2n) is 9.58. The van der Waals surface area contributed by atoms with E-state index in [4.69, 9.17) is 24.7 Å². The average Bonchev–Trinajstić information content (AvgIpc) is 3.37. The van der Waals surface area contributed by atoms with Crippen LogP contribution in [0.4, 0.5) is 16.7 Å². The van der Waals surface area contributed by atoms with Crippen LogP contribution in [0.2, 0.25) is 0 Å². The number of carbonyl (C=O) groups excluding carboxylic acids is 1. The standard InChI is InChI=1S/C25H38N6O5/c1-25(2,3)20(17-36-22(26)32)35-15-14-33-13-11-27-23-29-21(18-8-5-4-6-9-18)30-24(31-23)28-16-19-10-7-12-34-19/h4-6,8-9,19-20H,7,10-17H2,1-3H3,(H2,26,32)(H2,27,28,29,30,31). The van der Waals surface area contributed by atoms with Crippen LogP contribution in [-0.4, -0.2) is 79.4 Å². The number of hydrogen-bond donors (Lipinski definition) is 3. The number of nitrogens with one attached hydrogen (secondary N) is 2. The maximum atomic E-state index is 10.9. The number of hydrogen-bond acceptors (Lipinski definition) is 10. The minimum Gasteiger partial charge on any atom is -0.447 e. The van der Waals surface area contributed by atoms with Crippen LogP contribution in [-0.2, 0) is 18.9 Å². The molecule has 11 nitrogen and oxygen atoms in total. The van der Waals surface area contributed by atoms with Gasteiger partial charge in [0, 0.05) is 25.3 Å². The van der Waals surface area contributed by atoms with Crippen LogP contribution in [0.1, 0.15) is 33.6 Å². The van der Waals surface area contributed by atoms with Gasteiger partial charge in [-0.05, 0) is 18.3 Å². The van der Waals surface area contributed by atoms with E-state index in [1.54, 1.807) is 0 Å². The molecule has 1 aromatic heterocycles. The van der Waals surface area contributed by atoms with Gasteiger partial charge in [0.05, 0.1) is 32.0 Å². The minimum atomic E-state index is -0.811. The smallest absolute Gasteiger partial charge is 0.404 e. The summed E-state index contributed by atoms with van der Waals surface area (Å²) in [5.74, 6) is 1.56. The molecule has 4 N–H and O–H groups in total. The highest BCUT2D eigenvalue weighted by molar-refractivity contribution is 5.64. The fraction of sp³-hybridized carbons (Fsp3) is 0.600. The Labute approximate surface area is 212 Å². The lowest BCUT2D eigenvalue weighted by Crippen LogP contribution is -2.36. The summed E-state index contributed by atoms with van der Waals surface area (Å²) >= 11 is 0. The molecule has 1 aliphatic rings. The van der Waals surface area contributed by atoms with Crippen LogP contribution in [0, 0.1) is 5.41 Å². The molecule has 2 unspecified atom stereocenters. The zero-order chi connectivity index (χ0) is 25.8. The molecular formula is C25H38N6O5. The second kappa shape index (κ2) is 13.9. The lowest BCUT2D eigenvalue weighted by Gasteiger charge is -2.30. The van der Waals surface area contributed by atoms with Crippen LogP contribution >= 0.6 is 0 Å². The Bertz CT molecular complexity index is 934. The molecule has 3 rings (SSSR count). The number of carbonyl (C=O) groups is 1. The lowest BCUT2D eigenvalue weighted by atomic mass is 9.89. The van der Waals surface area contributed by atoms with Crippen molar-refractivity contribution >= 4 is 18.0 Å². The molecule has 1 fully saturated rings. The summed E-state index contributed by atoms with van der Waals surface area (Å²) in [5, 5.41) is 6.49. The molecule has 0 saturated carbocycles. The normalized spacial score (nSPS) is 16.5. The molecule has 2 atom stereocenters. The Balaban J connectivity index is 1.46. The Kier molecular flexibility index (Phi) is 10.6. The van der Waals surface area contributed by atoms with Gasteiger partial charge in [0.1, 0.15) is 6.61 Å². The molecule has 1 amide bonds. The van der Waals surface area contributed by atoms with E-state index < -0.39 is 6.09 Å². The van der Waals surface area contributed by atoms with E-state index in [0.29, 0.717) is 50.6 Å². The molecular weight excluding hydrogens is 464 g/mol. The summed E-state index contributed by atoms with van der Waals surface area (Å²) in [7, 11) is 0. The quantitative estimate of drug-likeness (QED) is 0.330. The highest BCUT2D eigenvalue weighted by Gasteiger charge is 2.26. The van der Waals surface area contributed by atoms with Crippen LogP contribution in [0.25, 0.3) is 11.4 Å². The maximum absolute atomic E-state index is 10.9. The third-order valence-electron chi connectivity index (χ3n) is 5.60.